The van der Waals surface area contributed by atoms with Gasteiger partial charge in [0.15, 0.2) is 0 Å². The number of nitrogens with zero attached hydrogens (tertiary/aromatic N) is 2. The summed E-state index contributed by atoms with van der Waals surface area (Å²) in [7, 11) is 16.2. The second-order valence-corrected chi connectivity index (χ2v) is 12.8. The van der Waals surface area contributed by atoms with E-state index in [0.29, 0.717) is 0 Å². The highest BCUT2D eigenvalue weighted by atomic mass is 15.0. The first-order chi connectivity index (χ1) is 21.8. The minimum absolute atomic E-state index is 1.19. The topological polar surface area (TPSA) is 9.86 Å². The molecule has 6 aromatic carbocycles. The summed E-state index contributed by atoms with van der Waals surface area (Å²) in [5.41, 5.74) is 19.7. The zero-order valence-electron chi connectivity index (χ0n) is 27.2. The fourth-order valence-corrected chi connectivity index (χ4v) is 7.96. The molecule has 9 heteroatoms. The molecule has 0 fully saturated rings. The molecule has 2 nitrogen and oxygen atoms in total. The van der Waals surface area contributed by atoms with Crippen molar-refractivity contribution < 1.29 is 0 Å². The highest BCUT2D eigenvalue weighted by Crippen LogP contribution is 2.35. The lowest BCUT2D eigenvalue weighted by molar-refractivity contribution is 1.18. The van der Waals surface area contributed by atoms with Crippen LogP contribution in [0.4, 0.5) is 0 Å². The molecule has 2 heterocycles. The first-order valence-electron chi connectivity index (χ1n) is 16.0. The Morgan fingerprint density at radius 2 is 0.889 bits per heavy atom. The molecule has 0 saturated carbocycles. The minimum atomic E-state index is 1.19. The van der Waals surface area contributed by atoms with E-state index in [1.165, 1.54) is 104 Å². The monoisotopic (exact) mass is 568 g/mol. The molecule has 0 aliphatic carbocycles. The van der Waals surface area contributed by atoms with E-state index in [1.807, 2.05) is 0 Å². The Labute approximate surface area is 270 Å². The average molecular weight is 567 g/mol. The molecule has 0 N–H and O–H groups in total. The smallest absolute Gasteiger partial charge is 0.141 e. The van der Waals surface area contributed by atoms with Gasteiger partial charge >= 0.3 is 0 Å². The first kappa shape index (κ1) is 27.9. The van der Waals surface area contributed by atoms with Crippen molar-refractivity contribution in [3.8, 4) is 22.5 Å². The Kier molecular flexibility index (Phi) is 6.33. The molecule has 206 valence electrons. The van der Waals surface area contributed by atoms with Gasteiger partial charge in [0.2, 0.25) is 0 Å². The molecule has 8 aromatic rings. The summed E-state index contributed by atoms with van der Waals surface area (Å²) in [5, 5.41) is 5.33. The second-order valence-electron chi connectivity index (χ2n) is 12.8. The van der Waals surface area contributed by atoms with Gasteiger partial charge in [0.1, 0.15) is 54.9 Å². The molecule has 0 bridgehead atoms. The number of hydrogen-bond acceptors (Lipinski definition) is 0. The predicted octanol–water partition coefficient (Wildman–Crippen LogP) is -2.64. The number of para-hydroxylation sites is 3. The lowest BCUT2D eigenvalue weighted by Gasteiger charge is -2.19. The third-order valence-corrected chi connectivity index (χ3v) is 10.6. The maximum Gasteiger partial charge on any atom is 0.141 e. The summed E-state index contributed by atoms with van der Waals surface area (Å²) in [6.07, 6.45) is 0. The van der Waals surface area contributed by atoms with Crippen molar-refractivity contribution in [2.75, 3.05) is 0 Å². The van der Waals surface area contributed by atoms with Crippen LogP contribution in [0.25, 0.3) is 66.1 Å². The van der Waals surface area contributed by atoms with Crippen molar-refractivity contribution in [3.63, 3.8) is 0 Å². The van der Waals surface area contributed by atoms with Crippen LogP contribution < -0.4 is 38.2 Å². The van der Waals surface area contributed by atoms with Crippen molar-refractivity contribution in [3.05, 3.63) is 103 Å². The standard InChI is InChI=1S/C36H31B7N2/c37-28-25(18-15-16-24-22(17-18)21-13-7-8-14-23(21)44(24)19-9-3-1-4-10-19)29(38)33(42)35-26(28)27-30(39)31(40)32(41)34(43)36(27)45(35)20-11-5-2-6-12-20/h1-17H,37-43H2. The number of hydrogen-bond donors (Lipinski definition) is 0. The molecule has 0 aliphatic rings. The summed E-state index contributed by atoms with van der Waals surface area (Å²) in [4.78, 5) is 0. The fourth-order valence-electron chi connectivity index (χ4n) is 7.96. The van der Waals surface area contributed by atoms with Crippen LogP contribution in [0.15, 0.2) is 103 Å². The largest absolute Gasteiger partial charge is 0.310 e. The van der Waals surface area contributed by atoms with Crippen LogP contribution in [-0.2, 0) is 0 Å². The summed E-state index contributed by atoms with van der Waals surface area (Å²) >= 11 is 0. The van der Waals surface area contributed by atoms with Crippen LogP contribution >= 0.6 is 0 Å². The molecule has 2 aromatic heterocycles. The van der Waals surface area contributed by atoms with E-state index in [1.54, 1.807) is 0 Å². The van der Waals surface area contributed by atoms with Gasteiger partial charge < -0.3 is 9.13 Å². The van der Waals surface area contributed by atoms with Crippen LogP contribution in [0, 0.1) is 0 Å². The summed E-state index contributed by atoms with van der Waals surface area (Å²) in [6, 6.07) is 37.5. The van der Waals surface area contributed by atoms with Gasteiger partial charge in [0.05, 0.1) is 11.0 Å². The summed E-state index contributed by atoms with van der Waals surface area (Å²) in [5.74, 6) is 0. The van der Waals surface area contributed by atoms with Gasteiger partial charge in [0, 0.05) is 38.6 Å². The van der Waals surface area contributed by atoms with Gasteiger partial charge in [-0.1, -0.05) is 93.4 Å². The maximum atomic E-state index is 2.54. The highest BCUT2D eigenvalue weighted by Gasteiger charge is 2.25. The summed E-state index contributed by atoms with van der Waals surface area (Å²) in [6.45, 7) is 0. The number of aromatic nitrogens is 2. The molecule has 0 saturated heterocycles. The normalized spacial score (nSPS) is 11.7. The zero-order chi connectivity index (χ0) is 31.1. The second kappa shape index (κ2) is 10.2. The van der Waals surface area contributed by atoms with Crippen molar-refractivity contribution in [1.29, 1.82) is 0 Å². The molecule has 8 rings (SSSR count). The van der Waals surface area contributed by atoms with Crippen molar-refractivity contribution in [2.45, 2.75) is 0 Å². The molecule has 0 amide bonds. The minimum Gasteiger partial charge on any atom is -0.310 e. The van der Waals surface area contributed by atoms with Crippen LogP contribution in [0.3, 0.4) is 0 Å². The Hall–Kier alpha value is -4.63. The summed E-state index contributed by atoms with van der Waals surface area (Å²) < 4.78 is 4.93. The van der Waals surface area contributed by atoms with Crippen molar-refractivity contribution >= 4 is 137 Å². The quantitative estimate of drug-likeness (QED) is 0.207. The van der Waals surface area contributed by atoms with Gasteiger partial charge in [-0.05, 0) is 59.0 Å². The van der Waals surface area contributed by atoms with Crippen molar-refractivity contribution in [1.82, 2.24) is 9.13 Å². The Balaban J connectivity index is 1.50. The van der Waals surface area contributed by atoms with Gasteiger partial charge in [-0.3, -0.25) is 0 Å². The molecule has 0 atom stereocenters. The number of rotatable bonds is 3. The molecule has 45 heavy (non-hydrogen) atoms. The average Bonchev–Trinajstić information content (AvgIpc) is 3.60. The van der Waals surface area contributed by atoms with Gasteiger partial charge in [-0.25, -0.2) is 0 Å². The Morgan fingerprint density at radius 3 is 1.56 bits per heavy atom. The maximum absolute atomic E-state index is 2.54. The molecule has 0 spiro atoms. The molecule has 0 radical (unpaired) electrons. The first-order valence-corrected chi connectivity index (χ1v) is 16.0. The number of fused-ring (bicyclic) bond motifs is 6. The lowest BCUT2D eigenvalue weighted by Crippen LogP contribution is -2.48. The van der Waals surface area contributed by atoms with E-state index in [4.69, 9.17) is 0 Å². The van der Waals surface area contributed by atoms with E-state index < -0.39 is 0 Å². The number of benzene rings is 6. The van der Waals surface area contributed by atoms with Gasteiger partial charge in [-0.2, -0.15) is 0 Å². The van der Waals surface area contributed by atoms with Crippen LogP contribution in [0.1, 0.15) is 0 Å². The van der Waals surface area contributed by atoms with E-state index in [-0.39, 0.29) is 0 Å². The van der Waals surface area contributed by atoms with Gasteiger partial charge in [0.25, 0.3) is 0 Å². The lowest BCUT2D eigenvalue weighted by atomic mass is 9.64. The third-order valence-electron chi connectivity index (χ3n) is 10.6. The van der Waals surface area contributed by atoms with E-state index in [0.717, 1.165) is 0 Å². The van der Waals surface area contributed by atoms with Crippen LogP contribution in [0.2, 0.25) is 0 Å². The molecular weight excluding hydrogens is 536 g/mol. The van der Waals surface area contributed by atoms with Gasteiger partial charge in [-0.15, -0.1) is 5.46 Å². The van der Waals surface area contributed by atoms with Crippen LogP contribution in [-0.4, -0.2) is 64.1 Å². The van der Waals surface area contributed by atoms with E-state index >= 15 is 0 Å². The van der Waals surface area contributed by atoms with Crippen molar-refractivity contribution in [2.24, 2.45) is 0 Å². The zero-order valence-corrected chi connectivity index (χ0v) is 27.2. The van der Waals surface area contributed by atoms with E-state index in [2.05, 4.69) is 167 Å². The Bertz CT molecular complexity index is 2500. The van der Waals surface area contributed by atoms with E-state index in [9.17, 15) is 0 Å². The highest BCUT2D eigenvalue weighted by molar-refractivity contribution is 6.69. The Morgan fingerprint density at radius 1 is 0.378 bits per heavy atom. The fraction of sp³-hybridized carbons (Fsp3) is 0. The van der Waals surface area contributed by atoms with Crippen LogP contribution in [0.5, 0.6) is 0 Å². The SMILES string of the molecule is Bc1c(B)c(B)c2c(c1B)c1c(B)c(-c3ccc4c(c3)c3ccccc3n4-c3ccccc3)c(B)c(B)c1n2-c1ccccc1. The third kappa shape index (κ3) is 3.86. The molecule has 0 aliphatic heterocycles. The predicted molar refractivity (Wildman–Crippen MR) is 218 cm³/mol. The molecule has 0 unspecified atom stereocenters. The molecular formula is C36H31B7N2.